The van der Waals surface area contributed by atoms with Gasteiger partial charge in [0.15, 0.2) is 0 Å². The molecule has 0 radical (unpaired) electrons. The van der Waals surface area contributed by atoms with Gasteiger partial charge in [-0.3, -0.25) is 0 Å². The lowest BCUT2D eigenvalue weighted by Gasteiger charge is -2.04. The SMILES string of the molecule is Cc1cccc2c(CCCNC3CC3)c(C)n(C)c12. The van der Waals surface area contributed by atoms with E-state index < -0.39 is 0 Å². The fourth-order valence-electron chi connectivity index (χ4n) is 3.09. The lowest BCUT2D eigenvalue weighted by molar-refractivity contribution is 0.645. The molecule has 0 spiro atoms. The van der Waals surface area contributed by atoms with Gasteiger partial charge in [0.1, 0.15) is 0 Å². The van der Waals surface area contributed by atoms with Gasteiger partial charge in [-0.05, 0) is 57.2 Å². The first-order valence-corrected chi connectivity index (χ1v) is 7.45. The third kappa shape index (κ3) is 2.42. The molecule has 2 heteroatoms. The van der Waals surface area contributed by atoms with Gasteiger partial charge in [-0.2, -0.15) is 0 Å². The van der Waals surface area contributed by atoms with Crippen LogP contribution >= 0.6 is 0 Å². The first kappa shape index (κ1) is 12.7. The molecule has 0 saturated heterocycles. The summed E-state index contributed by atoms with van der Waals surface area (Å²) < 4.78 is 2.36. The standard InChI is InChI=1S/C17H24N2/c1-12-6-4-7-16-15(13(2)19(3)17(12)16)8-5-11-18-14-9-10-14/h4,6-7,14,18H,5,8-11H2,1-3H3. The molecule has 0 aliphatic heterocycles. The molecular formula is C17H24N2. The Balaban J connectivity index is 1.81. The maximum absolute atomic E-state index is 3.61. The van der Waals surface area contributed by atoms with Gasteiger partial charge in [-0.25, -0.2) is 0 Å². The number of nitrogens with one attached hydrogen (secondary N) is 1. The third-order valence-corrected chi connectivity index (χ3v) is 4.45. The summed E-state index contributed by atoms with van der Waals surface area (Å²) in [5.41, 5.74) is 5.75. The fourth-order valence-corrected chi connectivity index (χ4v) is 3.09. The fraction of sp³-hybridized carbons (Fsp3) is 0.529. The molecule has 1 aromatic heterocycles. The van der Waals surface area contributed by atoms with Crippen molar-refractivity contribution in [2.45, 2.75) is 45.6 Å². The molecule has 1 N–H and O–H groups in total. The second-order valence-electron chi connectivity index (χ2n) is 5.93. The summed E-state index contributed by atoms with van der Waals surface area (Å²) in [6, 6.07) is 7.50. The van der Waals surface area contributed by atoms with Crippen molar-refractivity contribution in [3.63, 3.8) is 0 Å². The summed E-state index contributed by atoms with van der Waals surface area (Å²) in [6.45, 7) is 5.62. The van der Waals surface area contributed by atoms with E-state index in [2.05, 4.69) is 49.0 Å². The molecular weight excluding hydrogens is 232 g/mol. The van der Waals surface area contributed by atoms with Crippen LogP contribution in [0.5, 0.6) is 0 Å². The monoisotopic (exact) mass is 256 g/mol. The Morgan fingerprint density at radius 2 is 2.05 bits per heavy atom. The third-order valence-electron chi connectivity index (χ3n) is 4.45. The Labute approximate surface area is 115 Å². The normalized spacial score (nSPS) is 15.3. The van der Waals surface area contributed by atoms with Gasteiger partial charge in [-0.1, -0.05) is 18.2 Å². The van der Waals surface area contributed by atoms with Crippen molar-refractivity contribution in [1.29, 1.82) is 0 Å². The Morgan fingerprint density at radius 3 is 2.79 bits per heavy atom. The minimum absolute atomic E-state index is 0.829. The van der Waals surface area contributed by atoms with Crippen molar-refractivity contribution < 1.29 is 0 Å². The van der Waals surface area contributed by atoms with Gasteiger partial charge in [-0.15, -0.1) is 0 Å². The molecule has 1 saturated carbocycles. The molecule has 1 aromatic carbocycles. The predicted octanol–water partition coefficient (Wildman–Crippen LogP) is 3.48. The van der Waals surface area contributed by atoms with E-state index >= 15 is 0 Å². The average molecular weight is 256 g/mol. The molecule has 2 aromatic rings. The van der Waals surface area contributed by atoms with Gasteiger partial charge in [0.25, 0.3) is 0 Å². The zero-order valence-corrected chi connectivity index (χ0v) is 12.3. The highest BCUT2D eigenvalue weighted by molar-refractivity contribution is 5.88. The van der Waals surface area contributed by atoms with E-state index in [1.165, 1.54) is 47.8 Å². The molecule has 1 aliphatic rings. The van der Waals surface area contributed by atoms with Crippen LogP contribution in [0.1, 0.15) is 36.1 Å². The molecule has 19 heavy (non-hydrogen) atoms. The first-order chi connectivity index (χ1) is 9.18. The number of para-hydroxylation sites is 1. The van der Waals surface area contributed by atoms with E-state index in [1.807, 2.05) is 0 Å². The van der Waals surface area contributed by atoms with Crippen LogP contribution in [0.2, 0.25) is 0 Å². The van der Waals surface area contributed by atoms with Crippen LogP contribution < -0.4 is 5.32 Å². The van der Waals surface area contributed by atoms with E-state index in [0.717, 1.165) is 12.6 Å². The van der Waals surface area contributed by atoms with Crippen LogP contribution in [0, 0.1) is 13.8 Å². The number of aryl methyl sites for hydroxylation is 3. The van der Waals surface area contributed by atoms with Gasteiger partial charge in [0, 0.05) is 24.2 Å². The summed E-state index contributed by atoms with van der Waals surface area (Å²) >= 11 is 0. The number of nitrogens with zero attached hydrogens (tertiary/aromatic N) is 1. The maximum atomic E-state index is 3.61. The number of fused-ring (bicyclic) bond motifs is 1. The minimum atomic E-state index is 0.829. The smallest absolute Gasteiger partial charge is 0.0512 e. The largest absolute Gasteiger partial charge is 0.347 e. The number of hydrogen-bond donors (Lipinski definition) is 1. The lowest BCUT2D eigenvalue weighted by Crippen LogP contribution is -2.17. The Kier molecular flexibility index (Phi) is 3.36. The van der Waals surface area contributed by atoms with Crippen molar-refractivity contribution in [1.82, 2.24) is 9.88 Å². The van der Waals surface area contributed by atoms with E-state index in [-0.39, 0.29) is 0 Å². The Morgan fingerprint density at radius 1 is 1.26 bits per heavy atom. The minimum Gasteiger partial charge on any atom is -0.347 e. The lowest BCUT2D eigenvalue weighted by atomic mass is 10.0. The number of benzene rings is 1. The molecule has 0 unspecified atom stereocenters. The Hall–Kier alpha value is -1.28. The Bertz CT molecular complexity index is 591. The summed E-state index contributed by atoms with van der Waals surface area (Å²) in [7, 11) is 2.19. The van der Waals surface area contributed by atoms with E-state index in [0.29, 0.717) is 0 Å². The second-order valence-corrected chi connectivity index (χ2v) is 5.93. The topological polar surface area (TPSA) is 17.0 Å². The van der Waals surface area contributed by atoms with E-state index in [4.69, 9.17) is 0 Å². The molecule has 0 atom stereocenters. The van der Waals surface area contributed by atoms with Gasteiger partial charge < -0.3 is 9.88 Å². The molecule has 1 heterocycles. The zero-order chi connectivity index (χ0) is 13.4. The highest BCUT2D eigenvalue weighted by atomic mass is 15.0. The summed E-state index contributed by atoms with van der Waals surface area (Å²) in [5, 5.41) is 5.06. The first-order valence-electron chi connectivity index (χ1n) is 7.45. The predicted molar refractivity (Wildman–Crippen MR) is 81.7 cm³/mol. The van der Waals surface area contributed by atoms with E-state index in [1.54, 1.807) is 5.56 Å². The quantitative estimate of drug-likeness (QED) is 0.810. The second kappa shape index (κ2) is 5.01. The van der Waals surface area contributed by atoms with Crippen LogP contribution in [-0.2, 0) is 13.5 Å². The molecule has 1 fully saturated rings. The molecule has 0 amide bonds. The number of aromatic nitrogens is 1. The number of rotatable bonds is 5. The van der Waals surface area contributed by atoms with Gasteiger partial charge in [0.2, 0.25) is 0 Å². The van der Waals surface area contributed by atoms with Crippen LogP contribution in [-0.4, -0.2) is 17.2 Å². The van der Waals surface area contributed by atoms with Crippen LogP contribution in [0.25, 0.3) is 10.9 Å². The maximum Gasteiger partial charge on any atom is 0.0512 e. The van der Waals surface area contributed by atoms with Crippen LogP contribution in [0.4, 0.5) is 0 Å². The molecule has 1 aliphatic carbocycles. The van der Waals surface area contributed by atoms with Crippen molar-refractivity contribution in [2.75, 3.05) is 6.54 Å². The van der Waals surface area contributed by atoms with Crippen molar-refractivity contribution >= 4 is 10.9 Å². The molecule has 102 valence electrons. The molecule has 0 bridgehead atoms. The highest BCUT2D eigenvalue weighted by Gasteiger charge is 2.19. The highest BCUT2D eigenvalue weighted by Crippen LogP contribution is 2.28. The van der Waals surface area contributed by atoms with E-state index in [9.17, 15) is 0 Å². The summed E-state index contributed by atoms with van der Waals surface area (Å²) in [6.07, 6.45) is 5.19. The van der Waals surface area contributed by atoms with Crippen molar-refractivity contribution in [3.05, 3.63) is 35.0 Å². The number of hydrogen-bond acceptors (Lipinski definition) is 1. The van der Waals surface area contributed by atoms with Crippen molar-refractivity contribution in [3.8, 4) is 0 Å². The summed E-state index contributed by atoms with van der Waals surface area (Å²) in [4.78, 5) is 0. The van der Waals surface area contributed by atoms with Gasteiger partial charge >= 0.3 is 0 Å². The molecule has 3 rings (SSSR count). The summed E-state index contributed by atoms with van der Waals surface area (Å²) in [5.74, 6) is 0. The van der Waals surface area contributed by atoms with Crippen LogP contribution in [0.3, 0.4) is 0 Å². The van der Waals surface area contributed by atoms with Crippen LogP contribution in [0.15, 0.2) is 18.2 Å². The average Bonchev–Trinajstić information content (AvgIpc) is 3.17. The van der Waals surface area contributed by atoms with Crippen molar-refractivity contribution in [2.24, 2.45) is 7.05 Å². The van der Waals surface area contributed by atoms with Gasteiger partial charge in [0.05, 0.1) is 5.52 Å². The molecule has 2 nitrogen and oxygen atoms in total. The zero-order valence-electron chi connectivity index (χ0n) is 12.3.